The fourth-order valence-corrected chi connectivity index (χ4v) is 3.97. The van der Waals surface area contributed by atoms with E-state index in [1.54, 1.807) is 0 Å². The predicted molar refractivity (Wildman–Crippen MR) is 102 cm³/mol. The van der Waals surface area contributed by atoms with Gasteiger partial charge in [0.2, 0.25) is 0 Å². The lowest BCUT2D eigenvalue weighted by atomic mass is 10.0. The third-order valence-electron chi connectivity index (χ3n) is 5.33. The first kappa shape index (κ1) is 19.2. The van der Waals surface area contributed by atoms with Crippen molar-refractivity contribution in [1.82, 2.24) is 9.80 Å². The molecule has 2 aliphatic heterocycles. The normalized spacial score (nSPS) is 18.5. The third kappa shape index (κ3) is 5.21. The van der Waals surface area contributed by atoms with Gasteiger partial charge in [-0.3, -0.25) is 14.6 Å². The molecule has 0 radical (unpaired) electrons. The molecule has 2 aliphatic rings. The van der Waals surface area contributed by atoms with Crippen LogP contribution in [0.2, 0.25) is 0 Å². The third-order valence-corrected chi connectivity index (χ3v) is 5.33. The topological polar surface area (TPSA) is 53.0 Å². The van der Waals surface area contributed by atoms with Crippen molar-refractivity contribution in [2.45, 2.75) is 58.5 Å². The minimum Gasteiger partial charge on any atom is -0.507 e. The number of benzene rings is 1. The molecule has 2 saturated heterocycles. The molecule has 3 rings (SSSR count). The van der Waals surface area contributed by atoms with Crippen molar-refractivity contribution in [3.8, 4) is 5.75 Å². The molecular formula is C21H32N2O3. The van der Waals surface area contributed by atoms with Crippen molar-refractivity contribution in [2.75, 3.05) is 32.8 Å². The highest BCUT2D eigenvalue weighted by molar-refractivity contribution is 5.73. The molecule has 0 saturated carbocycles. The van der Waals surface area contributed by atoms with Crippen LogP contribution in [0.4, 0.5) is 0 Å². The lowest BCUT2D eigenvalue weighted by Crippen LogP contribution is -2.21. The molecule has 0 aliphatic carbocycles. The van der Waals surface area contributed by atoms with E-state index in [-0.39, 0.29) is 12.4 Å². The number of carbonyl (C=O) groups excluding carboxylic acids is 1. The first-order chi connectivity index (χ1) is 12.7. The Morgan fingerprint density at radius 3 is 1.96 bits per heavy atom. The molecule has 2 heterocycles. The summed E-state index contributed by atoms with van der Waals surface area (Å²) in [5, 5.41) is 10.8. The summed E-state index contributed by atoms with van der Waals surface area (Å²) < 4.78 is 5.25. The molecule has 0 amide bonds. The minimum atomic E-state index is -0.184. The number of hydrogen-bond donors (Lipinski definition) is 1. The molecule has 1 N–H and O–H groups in total. The van der Waals surface area contributed by atoms with Crippen LogP contribution < -0.4 is 0 Å². The molecule has 26 heavy (non-hydrogen) atoms. The molecule has 0 spiro atoms. The molecule has 1 aromatic carbocycles. The van der Waals surface area contributed by atoms with Crippen LogP contribution >= 0.6 is 0 Å². The predicted octanol–water partition coefficient (Wildman–Crippen LogP) is 3.08. The first-order valence-corrected chi connectivity index (χ1v) is 10.1. The largest absolute Gasteiger partial charge is 0.507 e. The minimum absolute atomic E-state index is 0.184. The fourth-order valence-electron chi connectivity index (χ4n) is 3.97. The second-order valence-corrected chi connectivity index (χ2v) is 7.63. The van der Waals surface area contributed by atoms with E-state index in [4.69, 9.17) is 4.74 Å². The summed E-state index contributed by atoms with van der Waals surface area (Å²) in [6.07, 6.45) is 6.02. The number of aromatic hydroxyl groups is 1. The Hall–Kier alpha value is -1.59. The molecule has 2 fully saturated rings. The number of rotatable bonds is 8. The lowest BCUT2D eigenvalue weighted by molar-refractivity contribution is -0.142. The zero-order valence-corrected chi connectivity index (χ0v) is 16.0. The van der Waals surface area contributed by atoms with E-state index in [1.807, 2.05) is 19.1 Å². The SMILES string of the molecule is CCCOC(=O)Cc1cc(CN2CCCC2)c(O)c(CN2CCCC2)c1. The quantitative estimate of drug-likeness (QED) is 0.722. The van der Waals surface area contributed by atoms with Gasteiger partial charge < -0.3 is 9.84 Å². The van der Waals surface area contributed by atoms with E-state index in [9.17, 15) is 9.90 Å². The van der Waals surface area contributed by atoms with Gasteiger partial charge >= 0.3 is 5.97 Å². The molecular weight excluding hydrogens is 328 g/mol. The van der Waals surface area contributed by atoms with Crippen LogP contribution in [-0.2, 0) is 29.0 Å². The van der Waals surface area contributed by atoms with Gasteiger partial charge in [0.1, 0.15) is 5.75 Å². The van der Waals surface area contributed by atoms with E-state index in [1.165, 1.54) is 25.7 Å². The number of ether oxygens (including phenoxy) is 1. The maximum atomic E-state index is 12.1. The van der Waals surface area contributed by atoms with Gasteiger partial charge in [0, 0.05) is 24.2 Å². The Bertz CT molecular complexity index is 566. The van der Waals surface area contributed by atoms with Crippen LogP contribution in [0.5, 0.6) is 5.75 Å². The molecule has 144 valence electrons. The van der Waals surface area contributed by atoms with Gasteiger partial charge in [-0.1, -0.05) is 19.1 Å². The van der Waals surface area contributed by atoms with Crippen molar-refractivity contribution in [2.24, 2.45) is 0 Å². The smallest absolute Gasteiger partial charge is 0.310 e. The van der Waals surface area contributed by atoms with Gasteiger partial charge in [0.05, 0.1) is 13.0 Å². The van der Waals surface area contributed by atoms with Crippen LogP contribution in [0, 0.1) is 0 Å². The summed E-state index contributed by atoms with van der Waals surface area (Å²) >= 11 is 0. The number of esters is 1. The van der Waals surface area contributed by atoms with Crippen molar-refractivity contribution in [3.63, 3.8) is 0 Å². The maximum absolute atomic E-state index is 12.1. The van der Waals surface area contributed by atoms with Gasteiger partial charge in [-0.15, -0.1) is 0 Å². The summed E-state index contributed by atoms with van der Waals surface area (Å²) in [6, 6.07) is 3.99. The van der Waals surface area contributed by atoms with Crippen molar-refractivity contribution < 1.29 is 14.6 Å². The number of phenols is 1. The highest BCUT2D eigenvalue weighted by Gasteiger charge is 2.20. The van der Waals surface area contributed by atoms with Gasteiger partial charge in [-0.05, 0) is 63.8 Å². The van der Waals surface area contributed by atoms with Gasteiger partial charge in [-0.25, -0.2) is 0 Å². The molecule has 5 nitrogen and oxygen atoms in total. The maximum Gasteiger partial charge on any atom is 0.310 e. The van der Waals surface area contributed by atoms with Crippen LogP contribution in [0.15, 0.2) is 12.1 Å². The van der Waals surface area contributed by atoms with Crippen LogP contribution in [0.25, 0.3) is 0 Å². The summed E-state index contributed by atoms with van der Waals surface area (Å²) in [7, 11) is 0. The van der Waals surface area contributed by atoms with Crippen molar-refractivity contribution in [3.05, 3.63) is 28.8 Å². The van der Waals surface area contributed by atoms with Gasteiger partial charge in [0.15, 0.2) is 0 Å². The number of hydrogen-bond acceptors (Lipinski definition) is 5. The molecule has 0 atom stereocenters. The number of carbonyl (C=O) groups is 1. The highest BCUT2D eigenvalue weighted by Crippen LogP contribution is 2.29. The number of phenolic OH excluding ortho intramolecular Hbond substituents is 1. The zero-order valence-electron chi connectivity index (χ0n) is 16.0. The van der Waals surface area contributed by atoms with E-state index in [0.29, 0.717) is 12.4 Å². The zero-order chi connectivity index (χ0) is 18.4. The van der Waals surface area contributed by atoms with Crippen molar-refractivity contribution >= 4 is 5.97 Å². The van der Waals surface area contributed by atoms with Crippen LogP contribution in [0.3, 0.4) is 0 Å². The van der Waals surface area contributed by atoms with E-state index < -0.39 is 0 Å². The molecule has 0 bridgehead atoms. The summed E-state index contributed by atoms with van der Waals surface area (Å²) in [5.74, 6) is 0.228. The van der Waals surface area contributed by atoms with Crippen molar-refractivity contribution in [1.29, 1.82) is 0 Å². The first-order valence-electron chi connectivity index (χ1n) is 10.1. The Morgan fingerprint density at radius 2 is 1.50 bits per heavy atom. The van der Waals surface area contributed by atoms with E-state index >= 15 is 0 Å². The van der Waals surface area contributed by atoms with Gasteiger partial charge in [-0.2, -0.15) is 0 Å². The van der Waals surface area contributed by atoms with E-state index in [0.717, 1.165) is 62.4 Å². The molecule has 5 heteroatoms. The number of likely N-dealkylation sites (tertiary alicyclic amines) is 2. The summed E-state index contributed by atoms with van der Waals surface area (Å²) in [5.41, 5.74) is 2.84. The fraction of sp³-hybridized carbons (Fsp3) is 0.667. The molecule has 0 aromatic heterocycles. The van der Waals surface area contributed by atoms with Gasteiger partial charge in [0.25, 0.3) is 0 Å². The van der Waals surface area contributed by atoms with Crippen LogP contribution in [-0.4, -0.2) is 53.7 Å². The number of nitrogens with zero attached hydrogens (tertiary/aromatic N) is 2. The monoisotopic (exact) mass is 360 g/mol. The highest BCUT2D eigenvalue weighted by atomic mass is 16.5. The second-order valence-electron chi connectivity index (χ2n) is 7.63. The Balaban J connectivity index is 1.78. The average molecular weight is 360 g/mol. The molecule has 1 aromatic rings. The van der Waals surface area contributed by atoms with E-state index in [2.05, 4.69) is 9.80 Å². The Morgan fingerprint density at radius 1 is 1.00 bits per heavy atom. The summed E-state index contributed by atoms with van der Waals surface area (Å²) in [6.45, 7) is 8.34. The average Bonchev–Trinajstić information content (AvgIpc) is 3.31. The lowest BCUT2D eigenvalue weighted by Gasteiger charge is -2.21. The second kappa shape index (κ2) is 9.38. The standard InChI is InChI=1S/C21H32N2O3/c1-2-11-26-20(24)14-17-12-18(15-22-7-3-4-8-22)21(25)19(13-17)16-23-9-5-6-10-23/h12-13,25H,2-11,14-16H2,1H3. The Labute approximate surface area is 156 Å². The molecule has 0 unspecified atom stereocenters. The Kier molecular flexibility index (Phi) is 6.92. The summed E-state index contributed by atoms with van der Waals surface area (Å²) in [4.78, 5) is 16.8. The van der Waals surface area contributed by atoms with Crippen LogP contribution in [0.1, 0.15) is 55.7 Å².